The predicted octanol–water partition coefficient (Wildman–Crippen LogP) is 3.37. The van der Waals surface area contributed by atoms with E-state index in [0.29, 0.717) is 11.6 Å². The van der Waals surface area contributed by atoms with Crippen LogP contribution in [0.15, 0.2) is 66.7 Å². The Morgan fingerprint density at radius 2 is 1.93 bits per heavy atom. The third kappa shape index (κ3) is 2.65. The van der Waals surface area contributed by atoms with Gasteiger partial charge in [0.05, 0.1) is 18.6 Å². The van der Waals surface area contributed by atoms with Crippen molar-refractivity contribution in [3.05, 3.63) is 77.3 Å². The summed E-state index contributed by atoms with van der Waals surface area (Å²) in [6.07, 6.45) is 3.39. The Morgan fingerprint density at radius 3 is 2.68 bits per heavy atom. The van der Waals surface area contributed by atoms with Gasteiger partial charge in [0, 0.05) is 10.7 Å². The minimum absolute atomic E-state index is 0.115. The monoisotopic (exact) mass is 395 g/mol. The molecular formula is C22H18ClNO4. The topological polar surface area (TPSA) is 55.8 Å². The van der Waals surface area contributed by atoms with Gasteiger partial charge in [-0.05, 0) is 29.8 Å². The molecule has 0 unspecified atom stereocenters. The fourth-order valence-corrected chi connectivity index (χ4v) is 4.56. The molecule has 2 aromatic rings. The van der Waals surface area contributed by atoms with Gasteiger partial charge in [0.15, 0.2) is 0 Å². The number of anilines is 1. The number of fused-ring (bicyclic) bond motifs is 1. The Labute approximate surface area is 167 Å². The highest BCUT2D eigenvalue weighted by atomic mass is 35.5. The zero-order chi connectivity index (χ0) is 19.3. The quantitative estimate of drug-likeness (QED) is 0.588. The molecule has 6 heteroatoms. The number of carbonyl (C=O) groups is 2. The summed E-state index contributed by atoms with van der Waals surface area (Å²) in [5, 5.41) is 0.605. The number of hydrogen-bond acceptors (Lipinski definition) is 4. The van der Waals surface area contributed by atoms with Crippen LogP contribution in [-0.2, 0) is 25.7 Å². The Balaban J connectivity index is 1.38. The van der Waals surface area contributed by atoms with Crippen LogP contribution in [0.5, 0.6) is 0 Å². The first kappa shape index (κ1) is 17.5. The number of ether oxygens (including phenoxy) is 2. The van der Waals surface area contributed by atoms with Gasteiger partial charge in [0.1, 0.15) is 18.1 Å². The van der Waals surface area contributed by atoms with Crippen LogP contribution >= 0.6 is 11.6 Å². The number of halogens is 1. The minimum atomic E-state index is -0.766. The van der Waals surface area contributed by atoms with Crippen molar-refractivity contribution in [2.24, 2.45) is 11.8 Å². The molecule has 3 aliphatic rings. The van der Waals surface area contributed by atoms with Crippen molar-refractivity contribution in [1.29, 1.82) is 0 Å². The molecule has 2 saturated heterocycles. The molecule has 3 heterocycles. The van der Waals surface area contributed by atoms with Gasteiger partial charge in [-0.1, -0.05) is 54.1 Å². The maximum atomic E-state index is 13.2. The van der Waals surface area contributed by atoms with E-state index in [9.17, 15) is 9.59 Å². The van der Waals surface area contributed by atoms with Crippen LogP contribution < -0.4 is 4.90 Å². The molecule has 1 spiro atoms. The second-order valence-electron chi connectivity index (χ2n) is 7.39. The molecule has 28 heavy (non-hydrogen) atoms. The average molecular weight is 396 g/mol. The third-order valence-electron chi connectivity index (χ3n) is 5.73. The van der Waals surface area contributed by atoms with Crippen molar-refractivity contribution in [1.82, 2.24) is 0 Å². The van der Waals surface area contributed by atoms with Crippen LogP contribution in [0.25, 0.3) is 0 Å². The first-order valence-corrected chi connectivity index (χ1v) is 9.60. The lowest BCUT2D eigenvalue weighted by Gasteiger charge is -2.22. The molecule has 2 aromatic carbocycles. The van der Waals surface area contributed by atoms with Crippen LogP contribution in [-0.4, -0.2) is 30.1 Å². The van der Waals surface area contributed by atoms with Crippen LogP contribution in [0.2, 0.25) is 5.02 Å². The first-order valence-electron chi connectivity index (χ1n) is 9.22. The smallest absolute Gasteiger partial charge is 0.313 e. The molecule has 1 amide bonds. The normalized spacial score (nSPS) is 30.0. The molecule has 5 nitrogen and oxygen atoms in total. The highest BCUT2D eigenvalue weighted by molar-refractivity contribution is 6.30. The molecule has 0 aromatic heterocycles. The van der Waals surface area contributed by atoms with E-state index in [2.05, 4.69) is 0 Å². The van der Waals surface area contributed by atoms with Gasteiger partial charge in [-0.2, -0.15) is 0 Å². The number of esters is 1. The van der Waals surface area contributed by atoms with Gasteiger partial charge >= 0.3 is 5.97 Å². The van der Waals surface area contributed by atoms with Crippen molar-refractivity contribution in [2.75, 3.05) is 11.4 Å². The van der Waals surface area contributed by atoms with Gasteiger partial charge in [0.2, 0.25) is 5.91 Å². The molecular weight excluding hydrogens is 378 g/mol. The molecule has 5 rings (SSSR count). The Hall–Kier alpha value is -2.63. The minimum Gasteiger partial charge on any atom is -0.460 e. The lowest BCUT2D eigenvalue weighted by molar-refractivity contribution is -0.153. The number of hydrogen-bond donors (Lipinski definition) is 0. The highest BCUT2D eigenvalue weighted by Gasteiger charge is 2.67. The van der Waals surface area contributed by atoms with Crippen LogP contribution in [0.1, 0.15) is 5.56 Å². The Morgan fingerprint density at radius 1 is 1.18 bits per heavy atom. The lowest BCUT2D eigenvalue weighted by atomic mass is 9.77. The summed E-state index contributed by atoms with van der Waals surface area (Å²) in [5.74, 6) is -1.70. The number of benzene rings is 2. The van der Waals surface area contributed by atoms with Gasteiger partial charge in [-0.25, -0.2) is 0 Å². The standard InChI is InChI=1S/C22H18ClNO4/c23-15-6-8-16(9-7-15)24-13-22-11-10-17(28-22)18(19(22)20(24)25)21(26)27-12-14-4-2-1-3-5-14/h1-11,17-19H,12-13H2/t17-,18-,19+,22+/m1/s1. The summed E-state index contributed by atoms with van der Waals surface area (Å²) in [5.41, 5.74) is 0.887. The molecule has 142 valence electrons. The van der Waals surface area contributed by atoms with E-state index in [1.54, 1.807) is 29.2 Å². The van der Waals surface area contributed by atoms with Crippen molar-refractivity contribution in [3.63, 3.8) is 0 Å². The van der Waals surface area contributed by atoms with Crippen LogP contribution in [0, 0.1) is 11.8 Å². The molecule has 3 aliphatic heterocycles. The molecule has 0 aliphatic carbocycles. The second-order valence-corrected chi connectivity index (χ2v) is 7.83. The molecule has 0 radical (unpaired) electrons. The highest BCUT2D eigenvalue weighted by Crippen LogP contribution is 2.53. The number of amides is 1. The average Bonchev–Trinajstić information content (AvgIpc) is 3.36. The van der Waals surface area contributed by atoms with Crippen LogP contribution in [0.4, 0.5) is 5.69 Å². The first-order chi connectivity index (χ1) is 13.6. The fourth-order valence-electron chi connectivity index (χ4n) is 4.43. The molecule has 0 saturated carbocycles. The summed E-state index contributed by atoms with van der Waals surface area (Å²) >= 11 is 5.96. The zero-order valence-electron chi connectivity index (χ0n) is 15.0. The lowest BCUT2D eigenvalue weighted by Crippen LogP contribution is -2.40. The number of rotatable bonds is 4. The van der Waals surface area contributed by atoms with E-state index in [-0.39, 0.29) is 12.5 Å². The summed E-state index contributed by atoms with van der Waals surface area (Å²) < 4.78 is 11.6. The molecule has 0 N–H and O–H groups in total. The van der Waals surface area contributed by atoms with E-state index in [4.69, 9.17) is 21.1 Å². The van der Waals surface area contributed by atoms with Crippen molar-refractivity contribution >= 4 is 29.2 Å². The van der Waals surface area contributed by atoms with Gasteiger partial charge in [-0.3, -0.25) is 9.59 Å². The van der Waals surface area contributed by atoms with E-state index >= 15 is 0 Å². The molecule has 4 atom stereocenters. The van der Waals surface area contributed by atoms with E-state index in [1.165, 1.54) is 0 Å². The van der Waals surface area contributed by atoms with Gasteiger partial charge < -0.3 is 14.4 Å². The third-order valence-corrected chi connectivity index (χ3v) is 5.99. The summed E-state index contributed by atoms with van der Waals surface area (Å²) in [7, 11) is 0. The van der Waals surface area contributed by atoms with Crippen LogP contribution in [0.3, 0.4) is 0 Å². The SMILES string of the molecule is O=C(OCc1ccccc1)[C@H]1[C@H]2C(=O)N(c3ccc(Cl)cc3)C[C@@]23C=C[C@H]1O3. The van der Waals surface area contributed by atoms with E-state index in [0.717, 1.165) is 11.3 Å². The van der Waals surface area contributed by atoms with Crippen molar-refractivity contribution < 1.29 is 19.1 Å². The Kier molecular flexibility index (Phi) is 4.03. The maximum absolute atomic E-state index is 13.2. The van der Waals surface area contributed by atoms with E-state index < -0.39 is 29.5 Å². The molecule has 2 bridgehead atoms. The zero-order valence-corrected chi connectivity index (χ0v) is 15.7. The van der Waals surface area contributed by atoms with Gasteiger partial charge in [-0.15, -0.1) is 0 Å². The molecule has 2 fully saturated rings. The van der Waals surface area contributed by atoms with Crippen molar-refractivity contribution in [2.45, 2.75) is 18.3 Å². The second kappa shape index (κ2) is 6.47. The maximum Gasteiger partial charge on any atom is 0.313 e. The number of nitrogens with zero attached hydrogens (tertiary/aromatic N) is 1. The van der Waals surface area contributed by atoms with Crippen molar-refractivity contribution in [3.8, 4) is 0 Å². The van der Waals surface area contributed by atoms with E-state index in [1.807, 2.05) is 42.5 Å². The summed E-state index contributed by atoms with van der Waals surface area (Å²) in [6, 6.07) is 16.6. The summed E-state index contributed by atoms with van der Waals surface area (Å²) in [4.78, 5) is 27.7. The Bertz CT molecular complexity index is 958. The van der Waals surface area contributed by atoms with Gasteiger partial charge in [0.25, 0.3) is 0 Å². The number of carbonyl (C=O) groups excluding carboxylic acids is 2. The largest absolute Gasteiger partial charge is 0.460 e. The summed E-state index contributed by atoms with van der Waals surface area (Å²) in [6.45, 7) is 0.564. The predicted molar refractivity (Wildman–Crippen MR) is 104 cm³/mol. The fraction of sp³-hybridized carbons (Fsp3) is 0.273.